The summed E-state index contributed by atoms with van der Waals surface area (Å²) in [6.45, 7) is 5.78. The third kappa shape index (κ3) is 3.29. The lowest BCUT2D eigenvalue weighted by molar-refractivity contribution is -0.140. The number of amides is 1. The second kappa shape index (κ2) is 7.40. The lowest BCUT2D eigenvalue weighted by atomic mass is 9.98. The van der Waals surface area contributed by atoms with Crippen LogP contribution in [-0.2, 0) is 9.53 Å². The summed E-state index contributed by atoms with van der Waals surface area (Å²) in [6, 6.07) is 1.92. The molecule has 2 aliphatic heterocycles. The number of carbonyl (C=O) groups is 1. The lowest BCUT2D eigenvalue weighted by Gasteiger charge is -2.41. The molecule has 2 aromatic rings. The van der Waals surface area contributed by atoms with Crippen LogP contribution in [0.25, 0.3) is 11.0 Å². The number of carbonyl (C=O) groups excluding carboxylic acids is 1. The molecule has 0 N–H and O–H groups in total. The molecule has 29 heavy (non-hydrogen) atoms. The summed E-state index contributed by atoms with van der Waals surface area (Å²) in [4.78, 5) is 38.7. The second-order valence-electron chi connectivity index (χ2n) is 8.42. The summed E-state index contributed by atoms with van der Waals surface area (Å²) in [5, 5.41) is 0.932. The highest BCUT2D eigenvalue weighted by Crippen LogP contribution is 2.32. The van der Waals surface area contributed by atoms with Crippen molar-refractivity contribution in [3.05, 3.63) is 28.2 Å². The highest BCUT2D eigenvalue weighted by molar-refractivity contribution is 5.83. The van der Waals surface area contributed by atoms with Crippen molar-refractivity contribution in [2.45, 2.75) is 38.6 Å². The van der Waals surface area contributed by atoms with Crippen LogP contribution in [0.1, 0.15) is 37.3 Å². The third-order valence-corrected chi connectivity index (χ3v) is 6.51. The Labute approximate surface area is 169 Å². The number of nitrogens with zero attached hydrogens (tertiary/aromatic N) is 5. The molecule has 154 valence electrons. The summed E-state index contributed by atoms with van der Waals surface area (Å²) >= 11 is 0. The van der Waals surface area contributed by atoms with Crippen molar-refractivity contribution in [3.63, 3.8) is 0 Å². The number of hydrogen-bond acceptors (Lipinski definition) is 6. The van der Waals surface area contributed by atoms with E-state index in [1.165, 1.54) is 0 Å². The molecule has 0 spiro atoms. The zero-order valence-corrected chi connectivity index (χ0v) is 16.8. The van der Waals surface area contributed by atoms with Crippen LogP contribution < -0.4 is 10.5 Å². The first-order valence-electron chi connectivity index (χ1n) is 10.6. The van der Waals surface area contributed by atoms with Gasteiger partial charge in [-0.3, -0.25) is 14.2 Å². The third-order valence-electron chi connectivity index (χ3n) is 6.51. The molecule has 3 aliphatic rings. The van der Waals surface area contributed by atoms with Gasteiger partial charge in [-0.05, 0) is 25.3 Å². The molecule has 0 bridgehead atoms. The van der Waals surface area contributed by atoms with Crippen LogP contribution in [0.5, 0.6) is 0 Å². The lowest BCUT2D eigenvalue weighted by Crippen LogP contribution is -2.56. The van der Waals surface area contributed by atoms with Crippen LogP contribution in [0.4, 0.5) is 5.95 Å². The van der Waals surface area contributed by atoms with E-state index in [0.717, 1.165) is 42.3 Å². The first kappa shape index (κ1) is 18.5. The molecule has 1 aliphatic carbocycles. The Morgan fingerprint density at radius 1 is 1.17 bits per heavy atom. The Morgan fingerprint density at radius 2 is 1.90 bits per heavy atom. The van der Waals surface area contributed by atoms with Gasteiger partial charge in [0.1, 0.15) is 5.65 Å². The molecule has 0 radical (unpaired) electrons. The first-order chi connectivity index (χ1) is 14.1. The molecular formula is C21H27N5O3. The molecule has 2 saturated heterocycles. The van der Waals surface area contributed by atoms with Crippen molar-refractivity contribution in [2.24, 2.45) is 5.92 Å². The van der Waals surface area contributed by atoms with Crippen molar-refractivity contribution in [1.29, 1.82) is 0 Å². The van der Waals surface area contributed by atoms with Gasteiger partial charge in [-0.1, -0.05) is 12.8 Å². The minimum atomic E-state index is -0.0121. The van der Waals surface area contributed by atoms with Crippen LogP contribution in [0.2, 0.25) is 0 Å². The molecular weight excluding hydrogens is 370 g/mol. The Bertz CT molecular complexity index is 986. The van der Waals surface area contributed by atoms with E-state index >= 15 is 0 Å². The number of morpholine rings is 1. The van der Waals surface area contributed by atoms with Gasteiger partial charge in [0.15, 0.2) is 0 Å². The number of fused-ring (bicyclic) bond motifs is 1. The van der Waals surface area contributed by atoms with Gasteiger partial charge in [-0.2, -0.15) is 4.98 Å². The van der Waals surface area contributed by atoms with E-state index in [1.807, 2.05) is 27.5 Å². The van der Waals surface area contributed by atoms with Gasteiger partial charge in [0.05, 0.1) is 19.1 Å². The van der Waals surface area contributed by atoms with E-state index in [0.29, 0.717) is 45.3 Å². The number of ether oxygens (including phenoxy) is 1. The number of rotatable bonds is 3. The summed E-state index contributed by atoms with van der Waals surface area (Å²) in [5.74, 6) is 0.797. The summed E-state index contributed by atoms with van der Waals surface area (Å²) < 4.78 is 7.20. The van der Waals surface area contributed by atoms with E-state index in [1.54, 1.807) is 6.07 Å². The molecule has 5 rings (SSSR count). The van der Waals surface area contributed by atoms with Crippen LogP contribution in [0.3, 0.4) is 0 Å². The van der Waals surface area contributed by atoms with Gasteiger partial charge < -0.3 is 14.5 Å². The number of anilines is 1. The SMILES string of the molecule is Cc1cc(=O)n(C2CCCC2)c2nc(N3CC(C(=O)N4CCOCC4)C3)ncc12. The topological polar surface area (TPSA) is 80.6 Å². The summed E-state index contributed by atoms with van der Waals surface area (Å²) in [5.41, 5.74) is 1.67. The smallest absolute Gasteiger partial charge is 0.252 e. The summed E-state index contributed by atoms with van der Waals surface area (Å²) in [6.07, 6.45) is 6.19. The quantitative estimate of drug-likeness (QED) is 0.781. The standard InChI is InChI=1S/C21H27N5O3/c1-14-10-18(27)26(16-4-2-3-5-16)19-17(14)11-22-21(23-19)25-12-15(13-25)20(28)24-6-8-29-9-7-24/h10-11,15-16H,2-9,12-13H2,1H3. The van der Waals surface area contributed by atoms with Crippen LogP contribution in [0.15, 0.2) is 17.1 Å². The number of aryl methyl sites for hydroxylation is 1. The van der Waals surface area contributed by atoms with E-state index in [2.05, 4.69) is 4.98 Å². The van der Waals surface area contributed by atoms with Gasteiger partial charge in [-0.25, -0.2) is 4.98 Å². The molecule has 4 heterocycles. The molecule has 0 atom stereocenters. The van der Waals surface area contributed by atoms with E-state index < -0.39 is 0 Å². The van der Waals surface area contributed by atoms with Gasteiger partial charge in [-0.15, -0.1) is 0 Å². The zero-order valence-electron chi connectivity index (χ0n) is 16.8. The van der Waals surface area contributed by atoms with E-state index in [-0.39, 0.29) is 23.4 Å². The number of hydrogen-bond donors (Lipinski definition) is 0. The minimum absolute atomic E-state index is 0.0121. The molecule has 8 nitrogen and oxygen atoms in total. The van der Waals surface area contributed by atoms with E-state index in [9.17, 15) is 9.59 Å². The first-order valence-corrected chi connectivity index (χ1v) is 10.6. The average Bonchev–Trinajstić information content (AvgIpc) is 3.21. The largest absolute Gasteiger partial charge is 0.378 e. The molecule has 1 saturated carbocycles. The van der Waals surface area contributed by atoms with Gasteiger partial charge in [0, 0.05) is 49.9 Å². The predicted molar refractivity (Wildman–Crippen MR) is 109 cm³/mol. The maximum atomic E-state index is 12.8. The van der Waals surface area contributed by atoms with Crippen molar-refractivity contribution >= 4 is 22.9 Å². The van der Waals surface area contributed by atoms with Crippen LogP contribution in [0, 0.1) is 12.8 Å². The van der Waals surface area contributed by atoms with Gasteiger partial charge in [0.25, 0.3) is 5.56 Å². The molecule has 8 heteroatoms. The fraction of sp³-hybridized carbons (Fsp3) is 0.619. The fourth-order valence-corrected chi connectivity index (χ4v) is 4.77. The molecule has 3 fully saturated rings. The molecule has 0 aromatic carbocycles. The molecule has 1 amide bonds. The van der Waals surface area contributed by atoms with Crippen molar-refractivity contribution in [1.82, 2.24) is 19.4 Å². The van der Waals surface area contributed by atoms with E-state index in [4.69, 9.17) is 9.72 Å². The van der Waals surface area contributed by atoms with Crippen molar-refractivity contribution < 1.29 is 9.53 Å². The minimum Gasteiger partial charge on any atom is -0.378 e. The van der Waals surface area contributed by atoms with Gasteiger partial charge >= 0.3 is 0 Å². The molecule has 2 aromatic heterocycles. The van der Waals surface area contributed by atoms with Crippen LogP contribution >= 0.6 is 0 Å². The van der Waals surface area contributed by atoms with Crippen molar-refractivity contribution in [3.8, 4) is 0 Å². The predicted octanol–water partition coefficient (Wildman–Crippen LogP) is 1.51. The highest BCUT2D eigenvalue weighted by Gasteiger charge is 2.37. The average molecular weight is 397 g/mol. The number of pyridine rings is 1. The number of aromatic nitrogens is 3. The summed E-state index contributed by atoms with van der Waals surface area (Å²) in [7, 11) is 0. The molecule has 0 unspecified atom stereocenters. The Kier molecular flexibility index (Phi) is 4.73. The maximum Gasteiger partial charge on any atom is 0.252 e. The Morgan fingerprint density at radius 3 is 2.62 bits per heavy atom. The monoisotopic (exact) mass is 397 g/mol. The highest BCUT2D eigenvalue weighted by atomic mass is 16.5. The Hall–Kier alpha value is -2.48. The Balaban J connectivity index is 1.40. The van der Waals surface area contributed by atoms with Crippen molar-refractivity contribution in [2.75, 3.05) is 44.3 Å². The van der Waals surface area contributed by atoms with Gasteiger partial charge in [0.2, 0.25) is 11.9 Å². The second-order valence-corrected chi connectivity index (χ2v) is 8.42. The normalized spacial score (nSPS) is 21.0. The maximum absolute atomic E-state index is 12.8. The zero-order chi connectivity index (χ0) is 20.0. The van der Waals surface area contributed by atoms with Crippen LogP contribution in [-0.4, -0.2) is 64.7 Å². The fourth-order valence-electron chi connectivity index (χ4n) is 4.77.